The second kappa shape index (κ2) is 8.86. The number of alkyl halides is 3. The van der Waals surface area contributed by atoms with E-state index in [4.69, 9.17) is 0 Å². The molecule has 5 nitrogen and oxygen atoms in total. The molecular formula is C20H18BrF3N2O3. The average molecular weight is 471 g/mol. The highest BCUT2D eigenvalue weighted by molar-refractivity contribution is 9.10. The van der Waals surface area contributed by atoms with Gasteiger partial charge >= 0.3 is 6.36 Å². The first kappa shape index (κ1) is 21.2. The number of nitrogens with one attached hydrogen (secondary N) is 1. The number of benzene rings is 2. The van der Waals surface area contributed by atoms with E-state index in [0.717, 1.165) is 16.6 Å². The first-order chi connectivity index (χ1) is 13.7. The van der Waals surface area contributed by atoms with Crippen molar-refractivity contribution in [3.8, 4) is 5.75 Å². The molecule has 2 aromatic rings. The Morgan fingerprint density at radius 3 is 2.34 bits per heavy atom. The highest BCUT2D eigenvalue weighted by Gasteiger charge is 2.31. The van der Waals surface area contributed by atoms with Crippen LogP contribution >= 0.6 is 15.9 Å². The summed E-state index contributed by atoms with van der Waals surface area (Å²) in [5.74, 6) is -1.10. The number of rotatable bonds is 4. The Kier molecular flexibility index (Phi) is 6.46. The molecule has 1 heterocycles. The number of carbonyl (C=O) groups is 2. The van der Waals surface area contributed by atoms with Crippen molar-refractivity contribution in [2.75, 3.05) is 18.4 Å². The number of likely N-dealkylation sites (tertiary alicyclic amines) is 1. The van der Waals surface area contributed by atoms with Gasteiger partial charge < -0.3 is 15.0 Å². The van der Waals surface area contributed by atoms with Gasteiger partial charge in [-0.25, -0.2) is 0 Å². The smallest absolute Gasteiger partial charge is 0.406 e. The molecule has 0 spiro atoms. The van der Waals surface area contributed by atoms with Crippen LogP contribution in [0.2, 0.25) is 0 Å². The number of anilines is 1. The second-order valence-corrected chi connectivity index (χ2v) is 7.55. The van der Waals surface area contributed by atoms with Crippen LogP contribution in [0.5, 0.6) is 5.75 Å². The Hall–Kier alpha value is -2.55. The van der Waals surface area contributed by atoms with E-state index in [9.17, 15) is 22.8 Å². The minimum atomic E-state index is -4.79. The zero-order valence-electron chi connectivity index (χ0n) is 15.2. The van der Waals surface area contributed by atoms with E-state index in [1.54, 1.807) is 29.2 Å². The van der Waals surface area contributed by atoms with Crippen LogP contribution in [0.25, 0.3) is 0 Å². The van der Waals surface area contributed by atoms with Crippen molar-refractivity contribution >= 4 is 33.4 Å². The molecule has 29 heavy (non-hydrogen) atoms. The molecule has 0 atom stereocenters. The number of halogens is 4. The Morgan fingerprint density at radius 1 is 1.07 bits per heavy atom. The molecule has 1 fully saturated rings. The summed E-state index contributed by atoms with van der Waals surface area (Å²) in [4.78, 5) is 26.7. The first-order valence-corrected chi connectivity index (χ1v) is 9.72. The van der Waals surface area contributed by atoms with Crippen molar-refractivity contribution in [3.63, 3.8) is 0 Å². The maximum absolute atomic E-state index is 12.5. The quantitative estimate of drug-likeness (QED) is 0.695. The van der Waals surface area contributed by atoms with Gasteiger partial charge in [-0.05, 0) is 49.2 Å². The largest absolute Gasteiger partial charge is 0.573 e. The van der Waals surface area contributed by atoms with E-state index < -0.39 is 12.1 Å². The van der Waals surface area contributed by atoms with Gasteiger partial charge in [0.15, 0.2) is 0 Å². The maximum atomic E-state index is 12.5. The van der Waals surface area contributed by atoms with Crippen LogP contribution in [0, 0.1) is 5.92 Å². The molecular weight excluding hydrogens is 453 g/mol. The van der Waals surface area contributed by atoms with Crippen LogP contribution in [-0.4, -0.2) is 36.2 Å². The summed E-state index contributed by atoms with van der Waals surface area (Å²) in [5.41, 5.74) is 0.808. The van der Waals surface area contributed by atoms with Gasteiger partial charge in [-0.3, -0.25) is 9.59 Å². The van der Waals surface area contributed by atoms with Gasteiger partial charge in [0, 0.05) is 40.8 Å². The number of ether oxygens (including phenoxy) is 1. The lowest BCUT2D eigenvalue weighted by Crippen LogP contribution is -2.41. The van der Waals surface area contributed by atoms with Crippen LogP contribution < -0.4 is 10.1 Å². The van der Waals surface area contributed by atoms with Gasteiger partial charge in [0.2, 0.25) is 5.91 Å². The van der Waals surface area contributed by atoms with E-state index in [0.29, 0.717) is 31.5 Å². The third-order valence-electron chi connectivity index (χ3n) is 4.58. The monoisotopic (exact) mass is 470 g/mol. The number of amides is 2. The number of hydrogen-bond donors (Lipinski definition) is 1. The fourth-order valence-corrected chi connectivity index (χ4v) is 3.40. The zero-order valence-corrected chi connectivity index (χ0v) is 16.8. The minimum Gasteiger partial charge on any atom is -0.406 e. The molecule has 0 bridgehead atoms. The number of nitrogens with zero attached hydrogens (tertiary/aromatic N) is 1. The van der Waals surface area contributed by atoms with E-state index in [-0.39, 0.29) is 23.4 Å². The summed E-state index contributed by atoms with van der Waals surface area (Å²) < 4.78 is 41.7. The fraction of sp³-hybridized carbons (Fsp3) is 0.300. The lowest BCUT2D eigenvalue weighted by atomic mass is 9.95. The molecule has 154 valence electrons. The zero-order chi connectivity index (χ0) is 21.0. The van der Waals surface area contributed by atoms with E-state index in [1.807, 2.05) is 0 Å². The van der Waals surface area contributed by atoms with Gasteiger partial charge in [-0.15, -0.1) is 13.2 Å². The highest BCUT2D eigenvalue weighted by atomic mass is 79.9. The van der Waals surface area contributed by atoms with Crippen molar-refractivity contribution in [1.82, 2.24) is 4.90 Å². The first-order valence-electron chi connectivity index (χ1n) is 8.93. The third-order valence-corrected chi connectivity index (χ3v) is 5.11. The molecule has 1 saturated heterocycles. The molecule has 1 aliphatic heterocycles. The van der Waals surface area contributed by atoms with Crippen LogP contribution in [0.15, 0.2) is 53.0 Å². The lowest BCUT2D eigenvalue weighted by molar-refractivity contribution is -0.274. The summed E-state index contributed by atoms with van der Waals surface area (Å²) in [6.07, 6.45) is -3.84. The van der Waals surface area contributed by atoms with Gasteiger partial charge in [0.05, 0.1) is 0 Å². The standard InChI is InChI=1S/C20H18BrF3N2O3/c21-15-6-4-14(5-7-15)19(28)26-10-8-13(9-11-26)18(27)25-16-2-1-3-17(12-16)29-20(22,23)24/h1-7,12-13H,8-11H2,(H,25,27). The Balaban J connectivity index is 1.54. The minimum absolute atomic E-state index is 0.0895. The second-order valence-electron chi connectivity index (χ2n) is 6.64. The third kappa shape index (κ3) is 5.96. The molecule has 9 heteroatoms. The van der Waals surface area contributed by atoms with Gasteiger partial charge in [0.1, 0.15) is 5.75 Å². The molecule has 0 aliphatic carbocycles. The molecule has 2 amide bonds. The number of carbonyl (C=O) groups excluding carboxylic acids is 2. The molecule has 2 aromatic carbocycles. The van der Waals surface area contributed by atoms with Crippen LogP contribution in [0.4, 0.5) is 18.9 Å². The number of piperidine rings is 1. The van der Waals surface area contributed by atoms with E-state index in [1.165, 1.54) is 12.1 Å². The van der Waals surface area contributed by atoms with Crippen molar-refractivity contribution in [2.24, 2.45) is 5.92 Å². The Morgan fingerprint density at radius 2 is 1.72 bits per heavy atom. The van der Waals surface area contributed by atoms with Gasteiger partial charge in [-0.1, -0.05) is 22.0 Å². The van der Waals surface area contributed by atoms with Gasteiger partial charge in [0.25, 0.3) is 5.91 Å². The average Bonchev–Trinajstić information content (AvgIpc) is 2.67. The van der Waals surface area contributed by atoms with Gasteiger partial charge in [-0.2, -0.15) is 0 Å². The van der Waals surface area contributed by atoms with Crippen molar-refractivity contribution in [2.45, 2.75) is 19.2 Å². The molecule has 3 rings (SSSR count). The Bertz CT molecular complexity index is 879. The molecule has 0 saturated carbocycles. The molecule has 0 radical (unpaired) electrons. The highest BCUT2D eigenvalue weighted by Crippen LogP contribution is 2.26. The van der Waals surface area contributed by atoms with E-state index >= 15 is 0 Å². The molecule has 1 aliphatic rings. The summed E-state index contributed by atoms with van der Waals surface area (Å²) in [6, 6.07) is 12.2. The van der Waals surface area contributed by atoms with Crippen molar-refractivity contribution in [3.05, 3.63) is 58.6 Å². The molecule has 0 aromatic heterocycles. The predicted octanol–water partition coefficient (Wildman–Crippen LogP) is 4.84. The van der Waals surface area contributed by atoms with Crippen LogP contribution in [0.1, 0.15) is 23.2 Å². The maximum Gasteiger partial charge on any atom is 0.573 e. The van der Waals surface area contributed by atoms with Crippen LogP contribution in [-0.2, 0) is 4.79 Å². The van der Waals surface area contributed by atoms with E-state index in [2.05, 4.69) is 26.0 Å². The van der Waals surface area contributed by atoms with Crippen molar-refractivity contribution in [1.29, 1.82) is 0 Å². The SMILES string of the molecule is O=C(Nc1cccc(OC(F)(F)F)c1)C1CCN(C(=O)c2ccc(Br)cc2)CC1. The summed E-state index contributed by atoms with van der Waals surface area (Å²) in [6.45, 7) is 0.869. The van der Waals surface area contributed by atoms with Crippen LogP contribution in [0.3, 0.4) is 0 Å². The summed E-state index contributed by atoms with van der Waals surface area (Å²) in [5, 5.41) is 2.62. The fourth-order valence-electron chi connectivity index (χ4n) is 3.14. The molecule has 0 unspecified atom stereocenters. The molecule has 1 N–H and O–H groups in total. The summed E-state index contributed by atoms with van der Waals surface area (Å²) in [7, 11) is 0. The normalized spacial score (nSPS) is 15.1. The topological polar surface area (TPSA) is 58.6 Å². The Labute approximate surface area is 174 Å². The van der Waals surface area contributed by atoms with Crippen molar-refractivity contribution < 1.29 is 27.5 Å². The lowest BCUT2D eigenvalue weighted by Gasteiger charge is -2.31. The summed E-state index contributed by atoms with van der Waals surface area (Å²) >= 11 is 3.33. The predicted molar refractivity (Wildman–Crippen MR) is 105 cm³/mol. The number of hydrogen-bond acceptors (Lipinski definition) is 3.